The molecule has 1 aliphatic rings. The molecule has 1 amide bonds. The standard InChI is InChI=1S/C10H13NO5/c1-6(13)8-4-10(16,11-9(8)15)3-2-7(14)5-12/h2-4,7,12,14,16H,5H2,1H3,(H,11,15)/b3-2+. The lowest BCUT2D eigenvalue weighted by Gasteiger charge is -2.16. The highest BCUT2D eigenvalue weighted by molar-refractivity contribution is 6.20. The average Bonchev–Trinajstić information content (AvgIpc) is 2.52. The number of aliphatic hydroxyl groups is 3. The van der Waals surface area contributed by atoms with Gasteiger partial charge in [0.2, 0.25) is 0 Å². The first-order valence-corrected chi connectivity index (χ1v) is 4.65. The molecule has 0 bridgehead atoms. The van der Waals surface area contributed by atoms with Crippen molar-refractivity contribution in [3.05, 3.63) is 23.8 Å². The van der Waals surface area contributed by atoms with Gasteiger partial charge in [-0.3, -0.25) is 9.59 Å². The van der Waals surface area contributed by atoms with E-state index in [0.29, 0.717) is 0 Å². The Morgan fingerprint density at radius 3 is 2.75 bits per heavy atom. The summed E-state index contributed by atoms with van der Waals surface area (Å²) < 4.78 is 0. The Balaban J connectivity index is 2.86. The molecule has 88 valence electrons. The summed E-state index contributed by atoms with van der Waals surface area (Å²) in [6, 6.07) is 0. The molecule has 0 fully saturated rings. The van der Waals surface area contributed by atoms with E-state index in [1.807, 2.05) is 0 Å². The maximum atomic E-state index is 11.2. The second-order valence-electron chi connectivity index (χ2n) is 3.50. The van der Waals surface area contributed by atoms with Crippen LogP contribution in [0.2, 0.25) is 0 Å². The van der Waals surface area contributed by atoms with Gasteiger partial charge in [0.25, 0.3) is 5.91 Å². The van der Waals surface area contributed by atoms with Crippen molar-refractivity contribution >= 4 is 11.7 Å². The summed E-state index contributed by atoms with van der Waals surface area (Å²) in [5.74, 6) is -1.12. The molecule has 2 unspecified atom stereocenters. The summed E-state index contributed by atoms with van der Waals surface area (Å²) in [6.45, 7) is 0.716. The second-order valence-corrected chi connectivity index (χ2v) is 3.50. The van der Waals surface area contributed by atoms with Gasteiger partial charge < -0.3 is 20.6 Å². The summed E-state index contributed by atoms with van der Waals surface area (Å²) in [6.07, 6.45) is 2.16. The highest BCUT2D eigenvalue weighted by Gasteiger charge is 2.34. The number of hydrogen-bond acceptors (Lipinski definition) is 5. The minimum atomic E-state index is -1.78. The molecule has 0 aromatic heterocycles. The smallest absolute Gasteiger partial charge is 0.257 e. The van der Waals surface area contributed by atoms with Crippen molar-refractivity contribution in [2.45, 2.75) is 18.8 Å². The van der Waals surface area contributed by atoms with Crippen LogP contribution in [0.15, 0.2) is 23.8 Å². The molecule has 6 heteroatoms. The van der Waals surface area contributed by atoms with Crippen LogP contribution in [-0.2, 0) is 9.59 Å². The van der Waals surface area contributed by atoms with Gasteiger partial charge in [-0.05, 0) is 19.1 Å². The van der Waals surface area contributed by atoms with E-state index in [-0.39, 0.29) is 5.57 Å². The number of hydrogen-bond donors (Lipinski definition) is 4. The summed E-state index contributed by atoms with van der Waals surface area (Å²) >= 11 is 0. The molecule has 6 nitrogen and oxygen atoms in total. The van der Waals surface area contributed by atoms with E-state index >= 15 is 0 Å². The van der Waals surface area contributed by atoms with Crippen LogP contribution in [0.1, 0.15) is 6.92 Å². The fourth-order valence-electron chi connectivity index (χ4n) is 1.24. The van der Waals surface area contributed by atoms with Crippen LogP contribution in [0.25, 0.3) is 0 Å². The Labute approximate surface area is 91.9 Å². The molecule has 1 aliphatic heterocycles. The van der Waals surface area contributed by atoms with Gasteiger partial charge >= 0.3 is 0 Å². The molecule has 0 saturated heterocycles. The van der Waals surface area contributed by atoms with Crippen LogP contribution in [0.5, 0.6) is 0 Å². The van der Waals surface area contributed by atoms with E-state index in [1.54, 1.807) is 0 Å². The van der Waals surface area contributed by atoms with Gasteiger partial charge in [-0.2, -0.15) is 0 Å². The first-order valence-electron chi connectivity index (χ1n) is 4.65. The fraction of sp³-hybridized carbons (Fsp3) is 0.400. The molecule has 4 N–H and O–H groups in total. The zero-order valence-electron chi connectivity index (χ0n) is 8.67. The predicted molar refractivity (Wildman–Crippen MR) is 54.1 cm³/mol. The summed E-state index contributed by atoms with van der Waals surface area (Å²) in [4.78, 5) is 22.2. The van der Waals surface area contributed by atoms with Gasteiger partial charge in [0.1, 0.15) is 0 Å². The Bertz CT molecular complexity index is 373. The quantitative estimate of drug-likeness (QED) is 0.336. The van der Waals surface area contributed by atoms with Gasteiger partial charge in [0.15, 0.2) is 11.5 Å². The van der Waals surface area contributed by atoms with Crippen molar-refractivity contribution in [2.75, 3.05) is 6.61 Å². The van der Waals surface area contributed by atoms with Crippen molar-refractivity contribution in [1.82, 2.24) is 5.32 Å². The third-order valence-corrected chi connectivity index (χ3v) is 2.06. The summed E-state index contributed by atoms with van der Waals surface area (Å²) in [7, 11) is 0. The van der Waals surface area contributed by atoms with E-state index in [0.717, 1.165) is 18.2 Å². The summed E-state index contributed by atoms with van der Waals surface area (Å²) in [5.41, 5.74) is -1.92. The van der Waals surface area contributed by atoms with Crippen molar-refractivity contribution in [1.29, 1.82) is 0 Å². The first-order chi connectivity index (χ1) is 7.38. The molecule has 2 atom stereocenters. The predicted octanol–water partition coefficient (Wildman–Crippen LogP) is -1.77. The number of ketones is 1. The maximum Gasteiger partial charge on any atom is 0.257 e. The van der Waals surface area contributed by atoms with Crippen LogP contribution in [-0.4, -0.2) is 45.4 Å². The minimum Gasteiger partial charge on any atom is -0.393 e. The molecule has 0 saturated carbocycles. The second kappa shape index (κ2) is 4.56. The van der Waals surface area contributed by atoms with E-state index in [9.17, 15) is 14.7 Å². The lowest BCUT2D eigenvalue weighted by molar-refractivity contribution is -0.122. The topological polar surface area (TPSA) is 107 Å². The normalized spacial score (nSPS) is 26.8. The third-order valence-electron chi connectivity index (χ3n) is 2.06. The van der Waals surface area contributed by atoms with Crippen molar-refractivity contribution < 1.29 is 24.9 Å². The van der Waals surface area contributed by atoms with E-state index < -0.39 is 30.1 Å². The van der Waals surface area contributed by atoms with Crippen molar-refractivity contribution in [3.8, 4) is 0 Å². The molecule has 1 heterocycles. The first kappa shape index (κ1) is 12.6. The number of rotatable bonds is 4. The van der Waals surface area contributed by atoms with Gasteiger partial charge in [0.05, 0.1) is 18.3 Å². The molecule has 0 aromatic carbocycles. The zero-order valence-corrected chi connectivity index (χ0v) is 8.67. The van der Waals surface area contributed by atoms with E-state index in [2.05, 4.69) is 5.32 Å². The number of aliphatic hydroxyl groups excluding tert-OH is 2. The van der Waals surface area contributed by atoms with Gasteiger partial charge in [-0.1, -0.05) is 6.08 Å². The molecule has 16 heavy (non-hydrogen) atoms. The summed E-state index contributed by atoms with van der Waals surface area (Å²) in [5, 5.41) is 29.5. The van der Waals surface area contributed by atoms with E-state index in [1.165, 1.54) is 6.92 Å². The number of amides is 1. The Morgan fingerprint density at radius 2 is 2.31 bits per heavy atom. The van der Waals surface area contributed by atoms with Crippen LogP contribution < -0.4 is 5.32 Å². The molecule has 1 rings (SSSR count). The molecule has 0 aliphatic carbocycles. The molecular formula is C10H13NO5. The van der Waals surface area contributed by atoms with Crippen LogP contribution >= 0.6 is 0 Å². The van der Waals surface area contributed by atoms with Crippen LogP contribution in [0.3, 0.4) is 0 Å². The third kappa shape index (κ3) is 2.75. The van der Waals surface area contributed by atoms with Crippen molar-refractivity contribution in [3.63, 3.8) is 0 Å². The Morgan fingerprint density at radius 1 is 1.69 bits per heavy atom. The van der Waals surface area contributed by atoms with Gasteiger partial charge in [-0.15, -0.1) is 0 Å². The number of nitrogens with one attached hydrogen (secondary N) is 1. The largest absolute Gasteiger partial charge is 0.393 e. The highest BCUT2D eigenvalue weighted by atomic mass is 16.3. The SMILES string of the molecule is CC(=O)C1=CC(O)(/C=C/C(O)CO)NC1=O. The van der Waals surface area contributed by atoms with Gasteiger partial charge in [-0.25, -0.2) is 0 Å². The lowest BCUT2D eigenvalue weighted by atomic mass is 10.1. The average molecular weight is 227 g/mol. The lowest BCUT2D eigenvalue weighted by Crippen LogP contribution is -2.40. The number of carbonyl (C=O) groups is 2. The zero-order chi connectivity index (χ0) is 12.3. The molecule has 0 radical (unpaired) electrons. The van der Waals surface area contributed by atoms with Crippen molar-refractivity contribution in [2.24, 2.45) is 0 Å². The fourth-order valence-corrected chi connectivity index (χ4v) is 1.24. The number of carbonyl (C=O) groups excluding carboxylic acids is 2. The molecular weight excluding hydrogens is 214 g/mol. The van der Waals surface area contributed by atoms with Crippen LogP contribution in [0, 0.1) is 0 Å². The monoisotopic (exact) mass is 227 g/mol. The van der Waals surface area contributed by atoms with E-state index in [4.69, 9.17) is 10.2 Å². The minimum absolute atomic E-state index is 0.134. The molecule has 0 spiro atoms. The highest BCUT2D eigenvalue weighted by Crippen LogP contribution is 2.17. The maximum absolute atomic E-state index is 11.2. The Kier molecular flexibility index (Phi) is 3.58. The Hall–Kier alpha value is -1.50. The van der Waals surface area contributed by atoms with Gasteiger partial charge in [0, 0.05) is 0 Å². The number of Topliss-reactive ketones (excluding diaryl/α,β-unsaturated/α-hetero) is 1. The molecule has 0 aromatic rings. The van der Waals surface area contributed by atoms with Crippen LogP contribution in [0.4, 0.5) is 0 Å².